The zero-order chi connectivity index (χ0) is 17.2. The van der Waals surface area contributed by atoms with Crippen LogP contribution in [0.3, 0.4) is 0 Å². The van der Waals surface area contributed by atoms with Crippen molar-refractivity contribution in [3.05, 3.63) is 23.9 Å². The maximum absolute atomic E-state index is 12.0. The lowest BCUT2D eigenvalue weighted by atomic mass is 10.3. The highest BCUT2D eigenvalue weighted by Gasteiger charge is 2.18. The summed E-state index contributed by atoms with van der Waals surface area (Å²) in [5.41, 5.74) is 0.307. The van der Waals surface area contributed by atoms with Crippen LogP contribution in [0, 0.1) is 0 Å². The van der Waals surface area contributed by atoms with E-state index >= 15 is 0 Å². The van der Waals surface area contributed by atoms with Gasteiger partial charge in [0.15, 0.2) is 6.61 Å². The molecule has 1 atom stereocenters. The van der Waals surface area contributed by atoms with Crippen LogP contribution in [0.2, 0.25) is 0 Å². The number of ether oxygens (including phenoxy) is 1. The third kappa shape index (κ3) is 6.27. The van der Waals surface area contributed by atoms with Gasteiger partial charge in [-0.25, -0.2) is 9.78 Å². The smallest absolute Gasteiger partial charge is 0.341 e. The normalized spacial score (nSPS) is 11.4. The molecule has 0 aromatic carbocycles. The molecular weight excluding hydrogens is 318 g/mol. The van der Waals surface area contributed by atoms with Gasteiger partial charge in [0.05, 0.1) is 5.56 Å². The third-order valence-corrected chi connectivity index (χ3v) is 3.55. The Morgan fingerprint density at radius 3 is 2.78 bits per heavy atom. The molecule has 0 aliphatic heterocycles. The fourth-order valence-electron chi connectivity index (χ4n) is 1.67. The number of pyridine rings is 1. The second kappa shape index (κ2) is 9.83. The molecule has 23 heavy (non-hydrogen) atoms. The lowest BCUT2D eigenvalue weighted by molar-refractivity contribution is -0.130. The Labute approximate surface area is 139 Å². The number of nitrogens with zero attached hydrogens (tertiary/aromatic N) is 1. The van der Waals surface area contributed by atoms with Gasteiger partial charge in [-0.2, -0.15) is 0 Å². The van der Waals surface area contributed by atoms with Crippen LogP contribution >= 0.6 is 11.8 Å². The first-order valence-electron chi connectivity index (χ1n) is 7.22. The van der Waals surface area contributed by atoms with Crippen LogP contribution < -0.4 is 10.6 Å². The summed E-state index contributed by atoms with van der Waals surface area (Å²) in [6.45, 7) is 3.60. The molecular formula is C15H21N3O4S. The van der Waals surface area contributed by atoms with Gasteiger partial charge < -0.3 is 15.4 Å². The number of hydrogen-bond donors (Lipinski definition) is 2. The topological polar surface area (TPSA) is 97.4 Å². The molecule has 1 heterocycles. The van der Waals surface area contributed by atoms with E-state index in [1.54, 1.807) is 31.5 Å². The second-order valence-electron chi connectivity index (χ2n) is 4.72. The van der Waals surface area contributed by atoms with E-state index in [2.05, 4.69) is 15.6 Å². The summed E-state index contributed by atoms with van der Waals surface area (Å²) < 4.78 is 4.96. The predicted octanol–water partition coefficient (Wildman–Crippen LogP) is 0.991. The number of thioether (sulfide) groups is 1. The maximum Gasteiger partial charge on any atom is 0.341 e. The Kier molecular flexibility index (Phi) is 8.10. The number of hydrogen-bond acceptors (Lipinski definition) is 6. The van der Waals surface area contributed by atoms with Crippen LogP contribution in [0.5, 0.6) is 0 Å². The first kappa shape index (κ1) is 19.0. The Morgan fingerprint density at radius 2 is 2.13 bits per heavy atom. The molecule has 2 N–H and O–H groups in total. The first-order valence-corrected chi connectivity index (χ1v) is 8.45. The summed E-state index contributed by atoms with van der Waals surface area (Å²) in [6.07, 6.45) is 4.18. The highest BCUT2D eigenvalue weighted by atomic mass is 32.2. The molecule has 0 radical (unpaired) electrons. The van der Waals surface area contributed by atoms with Gasteiger partial charge >= 0.3 is 5.97 Å². The molecule has 0 spiro atoms. The minimum Gasteiger partial charge on any atom is -0.452 e. The average molecular weight is 339 g/mol. The van der Waals surface area contributed by atoms with Gasteiger partial charge in [-0.1, -0.05) is 6.92 Å². The Balaban J connectivity index is 2.46. The predicted molar refractivity (Wildman–Crippen MR) is 87.2 cm³/mol. The van der Waals surface area contributed by atoms with E-state index in [1.807, 2.05) is 6.92 Å². The van der Waals surface area contributed by atoms with E-state index in [0.717, 1.165) is 6.42 Å². The number of carbonyl (C=O) groups is 3. The number of amides is 2. The molecule has 0 bridgehead atoms. The largest absolute Gasteiger partial charge is 0.452 e. The number of aromatic nitrogens is 1. The van der Waals surface area contributed by atoms with Gasteiger partial charge in [-0.3, -0.25) is 9.59 Å². The summed E-state index contributed by atoms with van der Waals surface area (Å²) in [6, 6.07) is 2.52. The van der Waals surface area contributed by atoms with Gasteiger partial charge in [-0.05, 0) is 31.7 Å². The van der Waals surface area contributed by atoms with Crippen molar-refractivity contribution in [3.8, 4) is 0 Å². The molecule has 2 amide bonds. The third-order valence-electron chi connectivity index (χ3n) is 2.84. The van der Waals surface area contributed by atoms with Crippen molar-refractivity contribution < 1.29 is 19.1 Å². The van der Waals surface area contributed by atoms with Crippen molar-refractivity contribution in [2.24, 2.45) is 0 Å². The maximum atomic E-state index is 12.0. The molecule has 1 rings (SSSR count). The molecule has 126 valence electrons. The molecule has 0 saturated heterocycles. The van der Waals surface area contributed by atoms with Gasteiger partial charge in [0.25, 0.3) is 5.91 Å². The van der Waals surface area contributed by atoms with E-state index in [-0.39, 0.29) is 5.91 Å². The Morgan fingerprint density at radius 1 is 1.39 bits per heavy atom. The van der Waals surface area contributed by atoms with Crippen LogP contribution in [-0.4, -0.2) is 48.2 Å². The van der Waals surface area contributed by atoms with Crippen molar-refractivity contribution in [1.82, 2.24) is 15.6 Å². The number of esters is 1. The summed E-state index contributed by atoms with van der Waals surface area (Å²) in [5, 5.41) is 5.68. The second-order valence-corrected chi connectivity index (χ2v) is 5.51. The quantitative estimate of drug-likeness (QED) is 0.541. The van der Waals surface area contributed by atoms with Crippen molar-refractivity contribution in [2.45, 2.75) is 31.3 Å². The highest BCUT2D eigenvalue weighted by molar-refractivity contribution is 7.98. The SMILES string of the molecule is CCCNC(=O)[C@@H](C)NC(=O)COC(=O)c1cccnc1SC. The van der Waals surface area contributed by atoms with Crippen LogP contribution in [0.25, 0.3) is 0 Å². The van der Waals surface area contributed by atoms with Crippen molar-refractivity contribution in [3.63, 3.8) is 0 Å². The minimum absolute atomic E-state index is 0.275. The fraction of sp³-hybridized carbons (Fsp3) is 0.467. The van der Waals surface area contributed by atoms with E-state index in [4.69, 9.17) is 4.74 Å². The van der Waals surface area contributed by atoms with Crippen molar-refractivity contribution in [1.29, 1.82) is 0 Å². The zero-order valence-electron chi connectivity index (χ0n) is 13.4. The molecule has 8 heteroatoms. The van der Waals surface area contributed by atoms with Crippen LogP contribution in [0.4, 0.5) is 0 Å². The van der Waals surface area contributed by atoms with E-state index in [0.29, 0.717) is 17.1 Å². The van der Waals surface area contributed by atoms with Crippen molar-refractivity contribution >= 4 is 29.5 Å². The number of nitrogens with one attached hydrogen (secondary N) is 2. The monoisotopic (exact) mass is 339 g/mol. The van der Waals surface area contributed by atoms with Gasteiger partial charge in [0.1, 0.15) is 11.1 Å². The van der Waals surface area contributed by atoms with Crippen LogP contribution in [0.1, 0.15) is 30.6 Å². The zero-order valence-corrected chi connectivity index (χ0v) is 14.2. The lowest BCUT2D eigenvalue weighted by Gasteiger charge is -2.14. The van der Waals surface area contributed by atoms with E-state index < -0.39 is 24.5 Å². The molecule has 0 aliphatic carbocycles. The number of rotatable bonds is 8. The summed E-state index contributed by atoms with van der Waals surface area (Å²) >= 11 is 1.31. The summed E-state index contributed by atoms with van der Waals surface area (Å²) in [5.74, 6) is -1.43. The average Bonchev–Trinajstić information content (AvgIpc) is 2.57. The molecule has 1 aromatic heterocycles. The van der Waals surface area contributed by atoms with E-state index in [1.165, 1.54) is 11.8 Å². The van der Waals surface area contributed by atoms with E-state index in [9.17, 15) is 14.4 Å². The molecule has 7 nitrogen and oxygen atoms in total. The first-order chi connectivity index (χ1) is 11.0. The standard InChI is InChI=1S/C15H21N3O4S/c1-4-7-16-13(20)10(2)18-12(19)9-22-15(21)11-6-5-8-17-14(11)23-3/h5-6,8,10H,4,7,9H2,1-3H3,(H,16,20)(H,18,19)/t10-/m1/s1. The number of carbonyl (C=O) groups excluding carboxylic acids is 3. The lowest BCUT2D eigenvalue weighted by Crippen LogP contribution is -2.46. The van der Waals surface area contributed by atoms with Crippen molar-refractivity contribution in [2.75, 3.05) is 19.4 Å². The minimum atomic E-state index is -0.687. The van der Waals surface area contributed by atoms with Crippen LogP contribution in [0.15, 0.2) is 23.4 Å². The molecule has 0 unspecified atom stereocenters. The van der Waals surface area contributed by atoms with Gasteiger partial charge in [0.2, 0.25) is 5.91 Å². The molecule has 0 saturated carbocycles. The Bertz CT molecular complexity index is 565. The molecule has 0 fully saturated rings. The van der Waals surface area contributed by atoms with Crippen LogP contribution in [-0.2, 0) is 14.3 Å². The molecule has 1 aromatic rings. The summed E-state index contributed by atoms with van der Waals surface area (Å²) in [4.78, 5) is 39.4. The van der Waals surface area contributed by atoms with Gasteiger partial charge in [0, 0.05) is 12.7 Å². The van der Waals surface area contributed by atoms with Gasteiger partial charge in [-0.15, -0.1) is 11.8 Å². The Hall–Kier alpha value is -2.09. The summed E-state index contributed by atoms with van der Waals surface area (Å²) in [7, 11) is 0. The fourth-order valence-corrected chi connectivity index (χ4v) is 2.21. The highest BCUT2D eigenvalue weighted by Crippen LogP contribution is 2.17. The molecule has 0 aliphatic rings.